The first-order chi connectivity index (χ1) is 10.3. The zero-order valence-electron chi connectivity index (χ0n) is 13.4. The van der Waals surface area contributed by atoms with Crippen molar-refractivity contribution in [1.82, 2.24) is 4.98 Å². The summed E-state index contributed by atoms with van der Waals surface area (Å²) in [6, 6.07) is 3.57. The minimum Gasteiger partial charge on any atom is -0.466 e. The molecule has 0 saturated heterocycles. The number of aromatic nitrogens is 1. The molecule has 0 spiro atoms. The van der Waals surface area contributed by atoms with Crippen LogP contribution in [0.1, 0.15) is 45.7 Å². The van der Waals surface area contributed by atoms with Gasteiger partial charge in [-0.05, 0) is 46.2 Å². The number of anilines is 1. The fourth-order valence-corrected chi connectivity index (χ4v) is 2.15. The summed E-state index contributed by atoms with van der Waals surface area (Å²) in [5.74, 6) is -0.128. The lowest BCUT2D eigenvalue weighted by molar-refractivity contribution is -0.144. The van der Waals surface area contributed by atoms with E-state index in [1.165, 1.54) is 0 Å². The molecule has 6 heteroatoms. The lowest BCUT2D eigenvalue weighted by atomic mass is 10.2. The van der Waals surface area contributed by atoms with Crippen LogP contribution < -0.4 is 5.32 Å². The lowest BCUT2D eigenvalue weighted by Gasteiger charge is -2.19. The molecule has 1 aromatic heterocycles. The summed E-state index contributed by atoms with van der Waals surface area (Å²) in [4.78, 5) is 27.6. The van der Waals surface area contributed by atoms with Gasteiger partial charge in [-0.25, -0.2) is 4.79 Å². The van der Waals surface area contributed by atoms with Crippen LogP contribution in [0.15, 0.2) is 18.3 Å². The average molecular weight is 306 g/mol. The third kappa shape index (κ3) is 4.44. The summed E-state index contributed by atoms with van der Waals surface area (Å²) in [5.41, 5.74) is 0.859. The number of nitrogens with one attached hydrogen (secondary N) is 1. The molecule has 1 heterocycles. The maximum atomic E-state index is 11.7. The van der Waals surface area contributed by atoms with Gasteiger partial charge in [0.15, 0.2) is 0 Å². The van der Waals surface area contributed by atoms with Crippen molar-refractivity contribution in [3.05, 3.63) is 24.0 Å². The van der Waals surface area contributed by atoms with Crippen LogP contribution in [-0.2, 0) is 14.3 Å². The number of hydrogen-bond donors (Lipinski definition) is 1. The predicted octanol–water partition coefficient (Wildman–Crippen LogP) is 3.10. The number of hydrogen-bond acceptors (Lipinski definition) is 5. The van der Waals surface area contributed by atoms with Crippen molar-refractivity contribution in [1.29, 1.82) is 0 Å². The molecule has 22 heavy (non-hydrogen) atoms. The molecule has 0 aromatic carbocycles. The molecular formula is C16H22N2O4. The normalized spacial score (nSPS) is 20.2. The Morgan fingerprint density at radius 2 is 2.09 bits per heavy atom. The lowest BCUT2D eigenvalue weighted by Crippen LogP contribution is -2.27. The number of carbonyl (C=O) groups excluding carboxylic acids is 2. The van der Waals surface area contributed by atoms with Gasteiger partial charge in [0.2, 0.25) is 0 Å². The Morgan fingerprint density at radius 3 is 2.64 bits per heavy atom. The van der Waals surface area contributed by atoms with Crippen molar-refractivity contribution in [2.75, 3.05) is 11.9 Å². The third-order valence-corrected chi connectivity index (χ3v) is 3.19. The number of ether oxygens (including phenoxy) is 2. The topological polar surface area (TPSA) is 77.5 Å². The smallest absolute Gasteiger partial charge is 0.412 e. The Kier molecular flexibility index (Phi) is 4.68. The number of rotatable bonds is 4. The van der Waals surface area contributed by atoms with Crippen LogP contribution in [0.25, 0.3) is 0 Å². The largest absolute Gasteiger partial charge is 0.466 e. The highest BCUT2D eigenvalue weighted by molar-refractivity contribution is 5.84. The Labute approximate surface area is 130 Å². The summed E-state index contributed by atoms with van der Waals surface area (Å²) in [5, 5.41) is 2.62. The van der Waals surface area contributed by atoms with E-state index in [0.717, 1.165) is 12.1 Å². The van der Waals surface area contributed by atoms with Gasteiger partial charge in [0.25, 0.3) is 0 Å². The van der Waals surface area contributed by atoms with E-state index in [4.69, 9.17) is 9.47 Å². The highest BCUT2D eigenvalue weighted by atomic mass is 16.6. The summed E-state index contributed by atoms with van der Waals surface area (Å²) in [7, 11) is 0. The fraction of sp³-hybridized carbons (Fsp3) is 0.562. The van der Waals surface area contributed by atoms with Crippen LogP contribution in [0, 0.1) is 5.92 Å². The number of carbonyl (C=O) groups is 2. The molecule has 1 N–H and O–H groups in total. The second-order valence-corrected chi connectivity index (χ2v) is 6.30. The zero-order valence-corrected chi connectivity index (χ0v) is 13.4. The van der Waals surface area contributed by atoms with E-state index in [1.54, 1.807) is 40.0 Å². The second kappa shape index (κ2) is 6.34. The molecule has 2 atom stereocenters. The van der Waals surface area contributed by atoms with Gasteiger partial charge in [-0.3, -0.25) is 15.1 Å². The van der Waals surface area contributed by atoms with Crippen molar-refractivity contribution in [3.63, 3.8) is 0 Å². The highest BCUT2D eigenvalue weighted by Gasteiger charge is 2.46. The number of amides is 1. The molecule has 0 aliphatic heterocycles. The van der Waals surface area contributed by atoms with Crippen LogP contribution in [0.3, 0.4) is 0 Å². The molecule has 1 saturated carbocycles. The van der Waals surface area contributed by atoms with Crippen LogP contribution in [-0.4, -0.2) is 29.3 Å². The Balaban J connectivity index is 1.89. The van der Waals surface area contributed by atoms with E-state index < -0.39 is 11.7 Å². The van der Waals surface area contributed by atoms with E-state index in [-0.39, 0.29) is 17.8 Å². The quantitative estimate of drug-likeness (QED) is 0.865. The van der Waals surface area contributed by atoms with E-state index in [2.05, 4.69) is 10.3 Å². The molecule has 1 aromatic rings. The average Bonchev–Trinajstić information content (AvgIpc) is 3.18. The molecule has 0 radical (unpaired) electrons. The molecule has 1 fully saturated rings. The first kappa shape index (κ1) is 16.3. The van der Waals surface area contributed by atoms with Gasteiger partial charge >= 0.3 is 12.1 Å². The third-order valence-electron chi connectivity index (χ3n) is 3.19. The molecule has 6 nitrogen and oxygen atoms in total. The van der Waals surface area contributed by atoms with E-state index in [9.17, 15) is 9.59 Å². The zero-order chi connectivity index (χ0) is 16.3. The first-order valence-corrected chi connectivity index (χ1v) is 7.42. The van der Waals surface area contributed by atoms with Gasteiger partial charge in [-0.2, -0.15) is 0 Å². The SMILES string of the molecule is CCOC(=O)[C@H]1C[C@@H]1c1ccc(NC(=O)OC(C)(C)C)cn1. The highest BCUT2D eigenvalue weighted by Crippen LogP contribution is 2.47. The van der Waals surface area contributed by atoms with Crippen molar-refractivity contribution in [2.45, 2.75) is 45.6 Å². The molecule has 2 rings (SSSR count). The minimum absolute atomic E-state index is 0.0860. The fourth-order valence-electron chi connectivity index (χ4n) is 2.15. The Hall–Kier alpha value is -2.11. The molecule has 0 bridgehead atoms. The Bertz CT molecular complexity index is 548. The van der Waals surface area contributed by atoms with Crippen LogP contribution >= 0.6 is 0 Å². The maximum absolute atomic E-state index is 11.7. The van der Waals surface area contributed by atoms with Crippen LogP contribution in [0.5, 0.6) is 0 Å². The monoisotopic (exact) mass is 306 g/mol. The van der Waals surface area contributed by atoms with Gasteiger partial charge in [-0.1, -0.05) is 0 Å². The maximum Gasteiger partial charge on any atom is 0.412 e. The second-order valence-electron chi connectivity index (χ2n) is 6.30. The molecule has 1 aliphatic rings. The molecular weight excluding hydrogens is 284 g/mol. The van der Waals surface area contributed by atoms with Gasteiger partial charge in [0.05, 0.1) is 24.4 Å². The number of esters is 1. The van der Waals surface area contributed by atoms with Gasteiger partial charge in [0, 0.05) is 11.6 Å². The van der Waals surface area contributed by atoms with Crippen LogP contribution in [0.2, 0.25) is 0 Å². The Morgan fingerprint density at radius 1 is 1.36 bits per heavy atom. The van der Waals surface area contributed by atoms with Crippen molar-refractivity contribution in [3.8, 4) is 0 Å². The predicted molar refractivity (Wildman–Crippen MR) is 81.6 cm³/mol. The molecule has 120 valence electrons. The first-order valence-electron chi connectivity index (χ1n) is 7.42. The number of nitrogens with zero attached hydrogens (tertiary/aromatic N) is 1. The van der Waals surface area contributed by atoms with Gasteiger partial charge in [0.1, 0.15) is 5.60 Å². The minimum atomic E-state index is -0.543. The summed E-state index contributed by atoms with van der Waals surface area (Å²) in [6.07, 6.45) is 1.82. The van der Waals surface area contributed by atoms with Crippen LogP contribution in [0.4, 0.5) is 10.5 Å². The van der Waals surface area contributed by atoms with Crippen molar-refractivity contribution in [2.24, 2.45) is 5.92 Å². The molecule has 1 aliphatic carbocycles. The van der Waals surface area contributed by atoms with Gasteiger partial charge < -0.3 is 9.47 Å². The van der Waals surface area contributed by atoms with E-state index in [1.807, 2.05) is 6.07 Å². The molecule has 1 amide bonds. The summed E-state index contributed by atoms with van der Waals surface area (Å²) in [6.45, 7) is 7.60. The van der Waals surface area contributed by atoms with Crippen molar-refractivity contribution < 1.29 is 19.1 Å². The number of pyridine rings is 1. The van der Waals surface area contributed by atoms with E-state index in [0.29, 0.717) is 12.3 Å². The standard InChI is InChI=1S/C16H22N2O4/c1-5-21-14(19)12-8-11(12)13-7-6-10(9-17-13)18-15(20)22-16(2,3)4/h6-7,9,11-12H,5,8H2,1-4H3,(H,18,20)/t11-,12-/m0/s1. The van der Waals surface area contributed by atoms with E-state index >= 15 is 0 Å². The summed E-state index contributed by atoms with van der Waals surface area (Å²) < 4.78 is 10.2. The molecule has 0 unspecified atom stereocenters. The van der Waals surface area contributed by atoms with Gasteiger partial charge in [-0.15, -0.1) is 0 Å². The summed E-state index contributed by atoms with van der Waals surface area (Å²) >= 11 is 0. The van der Waals surface area contributed by atoms with Crippen molar-refractivity contribution >= 4 is 17.7 Å².